The zero-order chi connectivity index (χ0) is 14.7. The fraction of sp³-hybridized carbons (Fsp3) is 0.462. The van der Waals surface area contributed by atoms with Gasteiger partial charge in [-0.2, -0.15) is 0 Å². The minimum atomic E-state index is -1.13. The number of rotatable bonds is 6. The van der Waals surface area contributed by atoms with Gasteiger partial charge in [0, 0.05) is 13.0 Å². The van der Waals surface area contributed by atoms with Crippen molar-refractivity contribution in [2.24, 2.45) is 0 Å². The molecule has 7 heteroatoms. The van der Waals surface area contributed by atoms with Crippen LogP contribution in [0.25, 0.3) is 0 Å². The lowest BCUT2D eigenvalue weighted by Crippen LogP contribution is -2.28. The Labute approximate surface area is 117 Å². The molecule has 20 heavy (non-hydrogen) atoms. The van der Waals surface area contributed by atoms with Gasteiger partial charge in [0.25, 0.3) is 0 Å². The lowest BCUT2D eigenvalue weighted by molar-refractivity contribution is -0.138. The molecular formula is C13H17BO6. The summed E-state index contributed by atoms with van der Waals surface area (Å²) >= 11 is 0. The second-order valence-electron chi connectivity index (χ2n) is 4.74. The van der Waals surface area contributed by atoms with Gasteiger partial charge in [0.15, 0.2) is 0 Å². The van der Waals surface area contributed by atoms with Gasteiger partial charge in [-0.15, -0.1) is 0 Å². The van der Waals surface area contributed by atoms with Gasteiger partial charge < -0.3 is 24.6 Å². The van der Waals surface area contributed by atoms with E-state index in [1.807, 2.05) is 6.92 Å². The molecule has 1 heterocycles. The first-order valence-corrected chi connectivity index (χ1v) is 6.46. The van der Waals surface area contributed by atoms with Gasteiger partial charge in [0.05, 0.1) is 19.1 Å². The lowest BCUT2D eigenvalue weighted by Gasteiger charge is -2.13. The minimum absolute atomic E-state index is 0.0519. The van der Waals surface area contributed by atoms with Crippen molar-refractivity contribution in [3.8, 4) is 5.75 Å². The summed E-state index contributed by atoms with van der Waals surface area (Å²) in [6.45, 7) is 2.26. The van der Waals surface area contributed by atoms with Crippen LogP contribution in [0.5, 0.6) is 5.75 Å². The summed E-state index contributed by atoms with van der Waals surface area (Å²) in [5.41, 5.74) is 2.09. The molecule has 0 saturated carbocycles. The third-order valence-corrected chi connectivity index (χ3v) is 3.20. The first-order valence-electron chi connectivity index (χ1n) is 6.46. The van der Waals surface area contributed by atoms with Gasteiger partial charge in [0.2, 0.25) is 0 Å². The second kappa shape index (κ2) is 6.26. The number of aliphatic carboxylic acids is 1. The number of carbonyl (C=O) groups is 1. The molecule has 1 atom stereocenters. The summed E-state index contributed by atoms with van der Waals surface area (Å²) in [5.74, 6) is -0.397. The van der Waals surface area contributed by atoms with E-state index >= 15 is 0 Å². The number of carboxylic acids is 1. The molecule has 0 amide bonds. The molecule has 0 radical (unpaired) electrons. The first kappa shape index (κ1) is 14.8. The number of benzene rings is 1. The standard InChI is InChI=1S/C13H17BO6/c1-8-5-9(19-4-2-3-15)6-10-13(8)11(7-12(16)17)20-14(10)18/h5-6,11,15,18H,2-4,7H2,1H3,(H,16,17). The Bertz CT molecular complexity index is 504. The third-order valence-electron chi connectivity index (χ3n) is 3.20. The van der Waals surface area contributed by atoms with Crippen molar-refractivity contribution in [3.63, 3.8) is 0 Å². The van der Waals surface area contributed by atoms with E-state index in [4.69, 9.17) is 19.6 Å². The summed E-state index contributed by atoms with van der Waals surface area (Å²) in [6.07, 6.45) is -0.295. The SMILES string of the molecule is Cc1cc(OCCCO)cc2c1C(CC(=O)O)OB2O. The molecule has 2 rings (SSSR count). The first-order chi connectivity index (χ1) is 9.52. The van der Waals surface area contributed by atoms with E-state index in [1.165, 1.54) is 0 Å². The van der Waals surface area contributed by atoms with E-state index in [2.05, 4.69) is 0 Å². The molecule has 0 aliphatic carbocycles. The Morgan fingerprint density at radius 3 is 2.90 bits per heavy atom. The molecule has 0 bridgehead atoms. The van der Waals surface area contributed by atoms with Crippen LogP contribution in [0.15, 0.2) is 12.1 Å². The maximum atomic E-state index is 10.8. The van der Waals surface area contributed by atoms with Crippen molar-refractivity contribution in [3.05, 3.63) is 23.3 Å². The molecule has 1 unspecified atom stereocenters. The smallest absolute Gasteiger partial charge is 0.492 e. The fourth-order valence-electron chi connectivity index (χ4n) is 2.38. The quantitative estimate of drug-likeness (QED) is 0.501. The third kappa shape index (κ3) is 3.12. The van der Waals surface area contributed by atoms with E-state index in [1.54, 1.807) is 12.1 Å². The van der Waals surface area contributed by atoms with Crippen molar-refractivity contribution < 1.29 is 29.4 Å². The number of hydrogen-bond acceptors (Lipinski definition) is 5. The molecule has 0 aromatic heterocycles. The normalized spacial score (nSPS) is 17.1. The second-order valence-corrected chi connectivity index (χ2v) is 4.74. The van der Waals surface area contributed by atoms with E-state index in [0.29, 0.717) is 24.2 Å². The van der Waals surface area contributed by atoms with Crippen LogP contribution in [0.4, 0.5) is 0 Å². The predicted molar refractivity (Wildman–Crippen MR) is 72.1 cm³/mol. The van der Waals surface area contributed by atoms with Crippen LogP contribution >= 0.6 is 0 Å². The number of fused-ring (bicyclic) bond motifs is 1. The Hall–Kier alpha value is -1.57. The maximum absolute atomic E-state index is 10.8. The molecule has 6 nitrogen and oxygen atoms in total. The molecule has 108 valence electrons. The number of ether oxygens (including phenoxy) is 1. The molecule has 3 N–H and O–H groups in total. The summed E-state index contributed by atoms with van der Waals surface area (Å²) in [7, 11) is -1.13. The topological polar surface area (TPSA) is 96.2 Å². The van der Waals surface area contributed by atoms with Crippen LogP contribution in [0.1, 0.15) is 30.1 Å². The van der Waals surface area contributed by atoms with E-state index in [9.17, 15) is 9.82 Å². The summed E-state index contributed by atoms with van der Waals surface area (Å²) < 4.78 is 10.8. The van der Waals surface area contributed by atoms with E-state index in [0.717, 1.165) is 11.1 Å². The molecule has 0 saturated heterocycles. The average Bonchev–Trinajstić information content (AvgIpc) is 2.66. The maximum Gasteiger partial charge on any atom is 0.492 e. The zero-order valence-corrected chi connectivity index (χ0v) is 11.2. The molecule has 1 aliphatic heterocycles. The summed E-state index contributed by atoms with van der Waals surface area (Å²) in [4.78, 5) is 10.8. The molecule has 1 aromatic rings. The van der Waals surface area contributed by atoms with Gasteiger partial charge in [-0.1, -0.05) is 0 Å². The largest absolute Gasteiger partial charge is 0.494 e. The van der Waals surface area contributed by atoms with Crippen molar-refractivity contribution in [1.29, 1.82) is 0 Å². The van der Waals surface area contributed by atoms with Crippen LogP contribution in [0, 0.1) is 6.92 Å². The van der Waals surface area contributed by atoms with Gasteiger partial charge in [-0.05, 0) is 35.6 Å². The van der Waals surface area contributed by atoms with Gasteiger partial charge in [-0.25, -0.2) is 0 Å². The van der Waals surface area contributed by atoms with Crippen LogP contribution in [-0.4, -0.2) is 41.5 Å². The zero-order valence-electron chi connectivity index (χ0n) is 11.2. The Kier molecular flexibility index (Phi) is 4.64. The molecule has 1 aliphatic rings. The number of aliphatic hydroxyl groups is 1. The van der Waals surface area contributed by atoms with Gasteiger partial charge >= 0.3 is 13.1 Å². The lowest BCUT2D eigenvalue weighted by atomic mass is 9.77. The van der Waals surface area contributed by atoms with Crippen LogP contribution in [-0.2, 0) is 9.45 Å². The van der Waals surface area contributed by atoms with Crippen molar-refractivity contribution in [2.75, 3.05) is 13.2 Å². The number of aryl methyl sites for hydroxylation is 1. The highest BCUT2D eigenvalue weighted by Crippen LogP contribution is 2.31. The van der Waals surface area contributed by atoms with Crippen molar-refractivity contribution >= 4 is 18.6 Å². The molecule has 1 aromatic carbocycles. The highest BCUT2D eigenvalue weighted by molar-refractivity contribution is 6.62. The highest BCUT2D eigenvalue weighted by atomic mass is 16.5. The Morgan fingerprint density at radius 2 is 2.25 bits per heavy atom. The van der Waals surface area contributed by atoms with Crippen molar-refractivity contribution in [1.82, 2.24) is 0 Å². The molecule has 0 fully saturated rings. The monoisotopic (exact) mass is 280 g/mol. The minimum Gasteiger partial charge on any atom is -0.494 e. The number of carboxylic acid groups (broad SMARTS) is 1. The predicted octanol–water partition coefficient (Wildman–Crippen LogP) is -0.0103. The number of aliphatic hydroxyl groups excluding tert-OH is 1. The Balaban J connectivity index is 2.23. The van der Waals surface area contributed by atoms with Gasteiger partial charge in [-0.3, -0.25) is 4.79 Å². The Morgan fingerprint density at radius 1 is 1.50 bits per heavy atom. The molecular weight excluding hydrogens is 263 g/mol. The van der Waals surface area contributed by atoms with Crippen molar-refractivity contribution in [2.45, 2.75) is 25.9 Å². The van der Waals surface area contributed by atoms with Crippen LogP contribution in [0.2, 0.25) is 0 Å². The number of hydrogen-bond donors (Lipinski definition) is 3. The molecule has 0 spiro atoms. The van der Waals surface area contributed by atoms with E-state index < -0.39 is 19.2 Å². The average molecular weight is 280 g/mol. The van der Waals surface area contributed by atoms with Gasteiger partial charge in [0.1, 0.15) is 5.75 Å². The fourth-order valence-corrected chi connectivity index (χ4v) is 2.38. The summed E-state index contributed by atoms with van der Waals surface area (Å²) in [5, 5.41) is 27.5. The summed E-state index contributed by atoms with van der Waals surface area (Å²) in [6, 6.07) is 3.44. The van der Waals surface area contributed by atoms with Crippen LogP contribution in [0.3, 0.4) is 0 Å². The highest BCUT2D eigenvalue weighted by Gasteiger charge is 2.37. The van der Waals surface area contributed by atoms with Crippen LogP contribution < -0.4 is 10.2 Å². The van der Waals surface area contributed by atoms with E-state index in [-0.39, 0.29) is 13.0 Å².